The fourth-order valence-corrected chi connectivity index (χ4v) is 4.31. The highest BCUT2D eigenvalue weighted by molar-refractivity contribution is 8.00. The number of aromatic amines is 1. The lowest BCUT2D eigenvalue weighted by atomic mass is 10.1. The van der Waals surface area contributed by atoms with Crippen molar-refractivity contribution in [3.8, 4) is 0 Å². The van der Waals surface area contributed by atoms with E-state index in [0.717, 1.165) is 34.3 Å². The molecule has 1 aromatic carbocycles. The van der Waals surface area contributed by atoms with E-state index in [1.54, 1.807) is 11.8 Å². The highest BCUT2D eigenvalue weighted by Gasteiger charge is 2.22. The molecule has 1 aliphatic heterocycles. The van der Waals surface area contributed by atoms with Crippen LogP contribution in [-0.4, -0.2) is 32.8 Å². The Kier molecular flexibility index (Phi) is 6.25. The van der Waals surface area contributed by atoms with Gasteiger partial charge in [-0.05, 0) is 5.56 Å². The molecular formula is C16H17ClN6OS2. The van der Waals surface area contributed by atoms with Crippen molar-refractivity contribution in [2.45, 2.75) is 23.1 Å². The fraction of sp³-hybridized carbons (Fsp3) is 0.250. The van der Waals surface area contributed by atoms with E-state index in [9.17, 15) is 4.79 Å². The van der Waals surface area contributed by atoms with Gasteiger partial charge in [0, 0.05) is 36.5 Å². The number of halogens is 1. The van der Waals surface area contributed by atoms with Gasteiger partial charge in [0.25, 0.3) is 5.91 Å². The van der Waals surface area contributed by atoms with Crippen LogP contribution < -0.4 is 10.6 Å². The number of anilines is 1. The number of thioether (sulfide) groups is 1. The number of amides is 1. The van der Waals surface area contributed by atoms with Crippen molar-refractivity contribution < 1.29 is 4.79 Å². The first-order valence-electron chi connectivity index (χ1n) is 7.88. The van der Waals surface area contributed by atoms with E-state index in [4.69, 9.17) is 0 Å². The summed E-state index contributed by atoms with van der Waals surface area (Å²) in [7, 11) is 0. The number of nitrogens with one attached hydrogen (secondary N) is 3. The first-order chi connectivity index (χ1) is 12.3. The predicted molar refractivity (Wildman–Crippen MR) is 105 cm³/mol. The monoisotopic (exact) mass is 408 g/mol. The third-order valence-corrected chi connectivity index (χ3v) is 5.90. The summed E-state index contributed by atoms with van der Waals surface area (Å²) in [6.45, 7) is 1.55. The minimum Gasteiger partial charge on any atom is -0.312 e. The van der Waals surface area contributed by atoms with Gasteiger partial charge in [-0.25, -0.2) is 0 Å². The number of nitrogens with zero attached hydrogens (tertiary/aromatic N) is 3. The van der Waals surface area contributed by atoms with Gasteiger partial charge in [0.2, 0.25) is 5.13 Å². The van der Waals surface area contributed by atoms with Crippen LogP contribution in [0.4, 0.5) is 5.13 Å². The maximum Gasteiger partial charge on any atom is 0.278 e. The first kappa shape index (κ1) is 18.8. The topological polar surface area (TPSA) is 95.6 Å². The molecule has 1 amide bonds. The quantitative estimate of drug-likeness (QED) is 0.443. The van der Waals surface area contributed by atoms with Gasteiger partial charge < -0.3 is 5.32 Å². The van der Waals surface area contributed by atoms with Gasteiger partial charge in [0.05, 0.1) is 0 Å². The Morgan fingerprint density at radius 1 is 1.27 bits per heavy atom. The summed E-state index contributed by atoms with van der Waals surface area (Å²) in [5.74, 6) is 0.569. The lowest BCUT2D eigenvalue weighted by Crippen LogP contribution is -2.25. The maximum atomic E-state index is 12.4. The van der Waals surface area contributed by atoms with Gasteiger partial charge in [-0.2, -0.15) is 5.10 Å². The number of rotatable bonds is 5. The molecule has 4 rings (SSSR count). The Bertz CT molecular complexity index is 882. The van der Waals surface area contributed by atoms with E-state index in [-0.39, 0.29) is 18.3 Å². The number of aromatic nitrogens is 4. The number of benzene rings is 1. The van der Waals surface area contributed by atoms with Crippen molar-refractivity contribution in [1.29, 1.82) is 0 Å². The Morgan fingerprint density at radius 3 is 2.96 bits per heavy atom. The van der Waals surface area contributed by atoms with Crippen LogP contribution in [0.25, 0.3) is 0 Å². The molecule has 0 saturated carbocycles. The standard InChI is InChI=1S/C16H16N6OS2.ClH/c23-14(13-11-8-17-7-6-12(11)19-20-13)18-15-21-22-16(25-15)24-9-10-4-2-1-3-5-10;/h1-5,17H,6-9H2,(H,19,20)(H,18,21,23);1H. The Balaban J connectivity index is 0.00000196. The van der Waals surface area contributed by atoms with E-state index < -0.39 is 0 Å². The molecule has 0 radical (unpaired) electrons. The van der Waals surface area contributed by atoms with Crippen molar-refractivity contribution in [2.24, 2.45) is 0 Å². The molecule has 0 spiro atoms. The molecule has 3 N–H and O–H groups in total. The number of H-pyrrole nitrogens is 1. The van der Waals surface area contributed by atoms with Crippen LogP contribution >= 0.6 is 35.5 Å². The highest BCUT2D eigenvalue weighted by atomic mass is 35.5. The number of hydrogen-bond donors (Lipinski definition) is 3. The zero-order valence-corrected chi connectivity index (χ0v) is 16.1. The molecule has 26 heavy (non-hydrogen) atoms. The van der Waals surface area contributed by atoms with Gasteiger partial charge >= 0.3 is 0 Å². The normalized spacial score (nSPS) is 12.9. The molecule has 2 aromatic heterocycles. The summed E-state index contributed by atoms with van der Waals surface area (Å²) in [6.07, 6.45) is 0.856. The van der Waals surface area contributed by atoms with E-state index in [0.29, 0.717) is 17.4 Å². The number of carbonyl (C=O) groups is 1. The number of hydrogen-bond acceptors (Lipinski definition) is 7. The second-order valence-electron chi connectivity index (χ2n) is 5.56. The summed E-state index contributed by atoms with van der Waals surface area (Å²) in [5.41, 5.74) is 3.62. The van der Waals surface area contributed by atoms with Crippen molar-refractivity contribution in [3.05, 3.63) is 52.8 Å². The van der Waals surface area contributed by atoms with Crippen molar-refractivity contribution in [1.82, 2.24) is 25.7 Å². The molecule has 0 bridgehead atoms. The fourth-order valence-electron chi connectivity index (χ4n) is 2.61. The molecule has 1 aliphatic rings. The highest BCUT2D eigenvalue weighted by Crippen LogP contribution is 2.28. The number of fused-ring (bicyclic) bond motifs is 1. The van der Waals surface area contributed by atoms with Gasteiger partial charge in [-0.15, -0.1) is 22.6 Å². The van der Waals surface area contributed by atoms with Crippen LogP contribution in [0.1, 0.15) is 27.3 Å². The van der Waals surface area contributed by atoms with Crippen LogP contribution in [0.15, 0.2) is 34.7 Å². The van der Waals surface area contributed by atoms with Crippen LogP contribution in [0, 0.1) is 0 Å². The van der Waals surface area contributed by atoms with Gasteiger partial charge in [0.1, 0.15) is 0 Å². The van der Waals surface area contributed by atoms with Crippen molar-refractivity contribution >= 4 is 46.5 Å². The summed E-state index contributed by atoms with van der Waals surface area (Å²) in [4.78, 5) is 12.4. The Labute approximate surface area is 164 Å². The molecule has 0 fully saturated rings. The van der Waals surface area contributed by atoms with Crippen molar-refractivity contribution in [2.75, 3.05) is 11.9 Å². The van der Waals surface area contributed by atoms with Crippen LogP contribution in [0.5, 0.6) is 0 Å². The second-order valence-corrected chi connectivity index (χ2v) is 7.76. The molecule has 0 saturated heterocycles. The molecular weight excluding hydrogens is 392 g/mol. The first-order valence-corrected chi connectivity index (χ1v) is 9.68. The molecule has 0 atom stereocenters. The van der Waals surface area contributed by atoms with Crippen LogP contribution in [-0.2, 0) is 18.7 Å². The third-order valence-electron chi connectivity index (χ3n) is 3.85. The molecule has 0 unspecified atom stereocenters. The second kappa shape index (κ2) is 8.63. The van der Waals surface area contributed by atoms with Gasteiger partial charge in [0.15, 0.2) is 10.0 Å². The summed E-state index contributed by atoms with van der Waals surface area (Å²) >= 11 is 2.97. The predicted octanol–water partition coefficient (Wildman–Crippen LogP) is 2.87. The summed E-state index contributed by atoms with van der Waals surface area (Å²) < 4.78 is 0.824. The average Bonchev–Trinajstić information content (AvgIpc) is 3.27. The molecule has 3 aromatic rings. The summed E-state index contributed by atoms with van der Waals surface area (Å²) in [5, 5.41) is 21.8. The molecule has 10 heteroatoms. The third kappa shape index (κ3) is 4.24. The molecule has 3 heterocycles. The molecule has 7 nitrogen and oxygen atoms in total. The maximum absolute atomic E-state index is 12.4. The van der Waals surface area contributed by atoms with E-state index in [1.807, 2.05) is 18.2 Å². The van der Waals surface area contributed by atoms with Gasteiger partial charge in [-0.1, -0.05) is 53.4 Å². The van der Waals surface area contributed by atoms with Gasteiger partial charge in [-0.3, -0.25) is 15.2 Å². The summed E-state index contributed by atoms with van der Waals surface area (Å²) in [6, 6.07) is 10.2. The minimum absolute atomic E-state index is 0. The van der Waals surface area contributed by atoms with Crippen molar-refractivity contribution in [3.63, 3.8) is 0 Å². The smallest absolute Gasteiger partial charge is 0.278 e. The zero-order valence-electron chi connectivity index (χ0n) is 13.7. The van der Waals surface area contributed by atoms with E-state index in [1.165, 1.54) is 16.9 Å². The Hall–Kier alpha value is -1.94. The number of carbonyl (C=O) groups excluding carboxylic acids is 1. The largest absolute Gasteiger partial charge is 0.312 e. The SMILES string of the molecule is Cl.O=C(Nc1nnc(SCc2ccccc2)s1)c1n[nH]c2c1CNCC2. The lowest BCUT2D eigenvalue weighted by Gasteiger charge is -2.12. The average molecular weight is 409 g/mol. The zero-order chi connectivity index (χ0) is 17.1. The lowest BCUT2D eigenvalue weighted by molar-refractivity contribution is 0.102. The molecule has 136 valence electrons. The van der Waals surface area contributed by atoms with Crippen LogP contribution in [0.3, 0.4) is 0 Å². The minimum atomic E-state index is -0.253. The molecule has 0 aliphatic carbocycles. The Morgan fingerprint density at radius 2 is 2.12 bits per heavy atom. The van der Waals surface area contributed by atoms with Crippen LogP contribution in [0.2, 0.25) is 0 Å². The van der Waals surface area contributed by atoms with E-state index in [2.05, 4.69) is 43.2 Å². The van der Waals surface area contributed by atoms with E-state index >= 15 is 0 Å².